The lowest BCUT2D eigenvalue weighted by molar-refractivity contribution is 0.560. The average molecular weight is 288 g/mol. The molecule has 2 N–H and O–H groups in total. The van der Waals surface area contributed by atoms with Gasteiger partial charge in [-0.3, -0.25) is 5.10 Å². The Kier molecular flexibility index (Phi) is 3.60. The highest BCUT2D eigenvalue weighted by atomic mass is 35.5. The van der Waals surface area contributed by atoms with Crippen LogP contribution in [0.15, 0.2) is 29.6 Å². The molecule has 18 heavy (non-hydrogen) atoms. The number of rotatable bonds is 4. The fourth-order valence-corrected chi connectivity index (χ4v) is 3.01. The Bertz CT molecular complexity index is 628. The van der Waals surface area contributed by atoms with Crippen LogP contribution >= 0.6 is 11.6 Å². The van der Waals surface area contributed by atoms with Gasteiger partial charge >= 0.3 is 0 Å². The molecule has 0 radical (unpaired) electrons. The zero-order chi connectivity index (χ0) is 13.2. The summed E-state index contributed by atoms with van der Waals surface area (Å²) >= 11 is 5.75. The Hall–Kier alpha value is -1.51. The number of hydrogen-bond acceptors (Lipinski definition) is 5. The van der Waals surface area contributed by atoms with Crippen LogP contribution in [0.1, 0.15) is 18.8 Å². The van der Waals surface area contributed by atoms with E-state index in [-0.39, 0.29) is 10.0 Å². The monoisotopic (exact) mass is 287 g/mol. The first-order chi connectivity index (χ1) is 8.50. The number of nitrogens with zero attached hydrogens (tertiary/aromatic N) is 3. The Balaban J connectivity index is 2.26. The van der Waals surface area contributed by atoms with Crippen LogP contribution in [0.25, 0.3) is 0 Å². The third kappa shape index (κ3) is 2.66. The molecule has 1 atom stereocenters. The van der Waals surface area contributed by atoms with Crippen LogP contribution in [0, 0.1) is 0 Å². The van der Waals surface area contributed by atoms with Gasteiger partial charge in [-0.2, -0.15) is 5.10 Å². The molecule has 0 aliphatic rings. The Morgan fingerprint density at radius 2 is 2.22 bits per heavy atom. The molecule has 0 amide bonds. The van der Waals surface area contributed by atoms with Gasteiger partial charge in [0.2, 0.25) is 10.0 Å². The van der Waals surface area contributed by atoms with Crippen molar-refractivity contribution in [2.24, 2.45) is 0 Å². The topological polar surface area (TPSA) is 101 Å². The van der Waals surface area contributed by atoms with Crippen LogP contribution in [0.3, 0.4) is 0 Å². The molecule has 0 bridgehead atoms. The molecule has 1 unspecified atom stereocenters. The summed E-state index contributed by atoms with van der Waals surface area (Å²) in [6.07, 6.45) is 2.72. The Labute approximate surface area is 109 Å². The van der Waals surface area contributed by atoms with Gasteiger partial charge in [-0.1, -0.05) is 11.6 Å². The highest BCUT2D eigenvalue weighted by molar-refractivity contribution is 7.89. The van der Waals surface area contributed by atoms with Crippen molar-refractivity contribution in [1.82, 2.24) is 24.9 Å². The van der Waals surface area contributed by atoms with Gasteiger partial charge in [0.15, 0.2) is 0 Å². The molecular weight excluding hydrogens is 278 g/mol. The van der Waals surface area contributed by atoms with E-state index in [9.17, 15) is 8.42 Å². The molecule has 2 rings (SSSR count). The van der Waals surface area contributed by atoms with Gasteiger partial charge in [-0.05, 0) is 19.1 Å². The Morgan fingerprint density at radius 1 is 1.44 bits per heavy atom. The van der Waals surface area contributed by atoms with E-state index in [1.54, 1.807) is 6.92 Å². The number of hydrogen-bond donors (Lipinski definition) is 2. The summed E-state index contributed by atoms with van der Waals surface area (Å²) in [5.74, 6) is 0.415. The molecular formula is C9H10ClN5O2S. The van der Waals surface area contributed by atoms with Crippen LogP contribution in [0.5, 0.6) is 0 Å². The molecule has 0 fully saturated rings. The van der Waals surface area contributed by atoms with Crippen molar-refractivity contribution in [3.05, 3.63) is 35.6 Å². The fourth-order valence-electron chi connectivity index (χ4n) is 1.35. The molecule has 9 heteroatoms. The molecule has 0 spiro atoms. The molecule has 96 valence electrons. The minimum Gasteiger partial charge on any atom is -0.262 e. The highest BCUT2D eigenvalue weighted by Gasteiger charge is 2.22. The number of nitrogens with one attached hydrogen (secondary N) is 2. The third-order valence-corrected chi connectivity index (χ3v) is 4.18. The lowest BCUT2D eigenvalue weighted by atomic mass is 10.3. The summed E-state index contributed by atoms with van der Waals surface area (Å²) in [4.78, 5) is 7.53. The lowest BCUT2D eigenvalue weighted by Gasteiger charge is -2.12. The van der Waals surface area contributed by atoms with E-state index >= 15 is 0 Å². The molecule has 2 aromatic rings. The lowest BCUT2D eigenvalue weighted by Crippen LogP contribution is -2.28. The van der Waals surface area contributed by atoms with Crippen molar-refractivity contribution in [3.63, 3.8) is 0 Å². The quantitative estimate of drug-likeness (QED) is 0.814. The summed E-state index contributed by atoms with van der Waals surface area (Å²) in [5, 5.41) is 6.17. The van der Waals surface area contributed by atoms with Crippen molar-refractivity contribution in [1.29, 1.82) is 0 Å². The van der Waals surface area contributed by atoms with Crippen LogP contribution in [-0.2, 0) is 10.0 Å². The van der Waals surface area contributed by atoms with Crippen LogP contribution in [0.4, 0.5) is 0 Å². The summed E-state index contributed by atoms with van der Waals surface area (Å²) in [5.41, 5.74) is 0. The zero-order valence-electron chi connectivity index (χ0n) is 9.33. The van der Waals surface area contributed by atoms with Crippen molar-refractivity contribution < 1.29 is 8.42 Å². The van der Waals surface area contributed by atoms with E-state index in [0.717, 1.165) is 0 Å². The van der Waals surface area contributed by atoms with Crippen molar-refractivity contribution in [2.45, 2.75) is 17.9 Å². The maximum absolute atomic E-state index is 12.1. The maximum atomic E-state index is 12.1. The summed E-state index contributed by atoms with van der Waals surface area (Å²) in [6, 6.07) is 2.33. The molecule has 0 aliphatic carbocycles. The van der Waals surface area contributed by atoms with Crippen molar-refractivity contribution >= 4 is 21.6 Å². The number of pyridine rings is 1. The summed E-state index contributed by atoms with van der Waals surface area (Å²) < 4.78 is 26.6. The van der Waals surface area contributed by atoms with Gasteiger partial charge in [0.1, 0.15) is 22.2 Å². The standard InChI is InChI=1S/C9H10ClN5O2S/c1-6(9-12-5-13-14-9)15-18(16,17)7-3-2-4-11-8(7)10/h2-6,15H,1H3,(H,12,13,14). The maximum Gasteiger partial charge on any atom is 0.244 e. The van der Waals surface area contributed by atoms with E-state index in [1.807, 2.05) is 0 Å². The number of aromatic nitrogens is 4. The largest absolute Gasteiger partial charge is 0.262 e. The van der Waals surface area contributed by atoms with Crippen LogP contribution in [0.2, 0.25) is 5.15 Å². The molecule has 2 aromatic heterocycles. The van der Waals surface area contributed by atoms with Crippen molar-refractivity contribution in [2.75, 3.05) is 0 Å². The molecule has 7 nitrogen and oxygen atoms in total. The molecule has 0 saturated heterocycles. The van der Waals surface area contributed by atoms with Gasteiger partial charge in [-0.15, -0.1) is 0 Å². The third-order valence-electron chi connectivity index (χ3n) is 2.19. The summed E-state index contributed by atoms with van der Waals surface area (Å²) in [7, 11) is -3.75. The van der Waals surface area contributed by atoms with Gasteiger partial charge in [0.25, 0.3) is 0 Å². The molecule has 0 aromatic carbocycles. The predicted molar refractivity (Wildman–Crippen MR) is 64.4 cm³/mol. The van der Waals surface area contributed by atoms with E-state index in [4.69, 9.17) is 11.6 Å². The zero-order valence-corrected chi connectivity index (χ0v) is 10.9. The first-order valence-electron chi connectivity index (χ1n) is 4.99. The van der Waals surface area contributed by atoms with E-state index in [2.05, 4.69) is 24.9 Å². The van der Waals surface area contributed by atoms with E-state index < -0.39 is 16.1 Å². The minimum absolute atomic E-state index is 0.0713. The normalized spacial score (nSPS) is 13.4. The van der Waals surface area contributed by atoms with E-state index in [0.29, 0.717) is 5.82 Å². The second-order valence-corrected chi connectivity index (χ2v) is 5.55. The van der Waals surface area contributed by atoms with Crippen molar-refractivity contribution in [3.8, 4) is 0 Å². The van der Waals surface area contributed by atoms with E-state index in [1.165, 1.54) is 24.7 Å². The fraction of sp³-hybridized carbons (Fsp3) is 0.222. The SMILES string of the molecule is CC(NS(=O)(=O)c1cccnc1Cl)c1ncn[nH]1. The number of sulfonamides is 1. The highest BCUT2D eigenvalue weighted by Crippen LogP contribution is 2.19. The average Bonchev–Trinajstić information content (AvgIpc) is 2.82. The molecule has 2 heterocycles. The van der Waals surface area contributed by atoms with Gasteiger partial charge < -0.3 is 0 Å². The first-order valence-corrected chi connectivity index (χ1v) is 6.85. The number of H-pyrrole nitrogens is 1. The number of halogens is 1. The predicted octanol–water partition coefficient (Wildman–Crippen LogP) is 0.893. The minimum atomic E-state index is -3.75. The van der Waals surface area contributed by atoms with Gasteiger partial charge in [-0.25, -0.2) is 23.1 Å². The van der Waals surface area contributed by atoms with Gasteiger partial charge in [0.05, 0.1) is 6.04 Å². The molecule has 0 saturated carbocycles. The second-order valence-electron chi connectivity index (χ2n) is 3.51. The summed E-state index contributed by atoms with van der Waals surface area (Å²) in [6.45, 7) is 1.64. The van der Waals surface area contributed by atoms with Gasteiger partial charge in [0, 0.05) is 6.20 Å². The second kappa shape index (κ2) is 5.01. The molecule has 0 aliphatic heterocycles. The first kappa shape index (κ1) is 12.9. The smallest absolute Gasteiger partial charge is 0.244 e. The van der Waals surface area contributed by atoms with Crippen LogP contribution in [-0.4, -0.2) is 28.6 Å². The number of aromatic amines is 1. The van der Waals surface area contributed by atoms with Crippen LogP contribution < -0.4 is 4.72 Å². The Morgan fingerprint density at radius 3 is 2.83 bits per heavy atom.